The Morgan fingerprint density at radius 2 is 1.78 bits per heavy atom. The first-order valence-electron chi connectivity index (χ1n) is 8.51. The van der Waals surface area contributed by atoms with Gasteiger partial charge in [-0.3, -0.25) is 10.2 Å². The third-order valence-corrected chi connectivity index (χ3v) is 4.99. The quantitative estimate of drug-likeness (QED) is 0.640. The molecule has 0 aliphatic rings. The fourth-order valence-electron chi connectivity index (χ4n) is 2.18. The number of carbonyl (C=O) groups excluding carboxylic acids is 1. The van der Waals surface area contributed by atoms with Crippen LogP contribution in [0.15, 0.2) is 53.4 Å². The summed E-state index contributed by atoms with van der Waals surface area (Å²) in [5.74, 6) is 0.831. The molecular weight excluding hydrogens is 368 g/mol. The van der Waals surface area contributed by atoms with E-state index in [9.17, 15) is 13.2 Å². The highest BCUT2D eigenvalue weighted by Gasteiger charge is 2.16. The zero-order valence-corrected chi connectivity index (χ0v) is 16.4. The lowest BCUT2D eigenvalue weighted by atomic mass is 10.1. The largest absolute Gasteiger partial charge is 0.493 e. The summed E-state index contributed by atoms with van der Waals surface area (Å²) in [6.45, 7) is 4.74. The Morgan fingerprint density at radius 3 is 2.41 bits per heavy atom. The summed E-state index contributed by atoms with van der Waals surface area (Å²) in [4.78, 5) is 14.4. The Bertz CT molecular complexity index is 867. The smallest absolute Gasteiger partial charge is 0.266 e. The first-order valence-corrected chi connectivity index (χ1v) is 10.00. The Labute approximate surface area is 159 Å². The summed E-state index contributed by atoms with van der Waals surface area (Å²) in [7, 11) is -2.37. The molecule has 0 saturated heterocycles. The molecule has 2 N–H and O–H groups in total. The first-order chi connectivity index (χ1) is 12.8. The van der Waals surface area contributed by atoms with Gasteiger partial charge in [0.2, 0.25) is 0 Å². The van der Waals surface area contributed by atoms with E-state index in [-0.39, 0.29) is 10.5 Å². The molecule has 0 fully saturated rings. The normalized spacial score (nSPS) is 11.3. The van der Waals surface area contributed by atoms with Crippen LogP contribution in [-0.2, 0) is 10.0 Å². The summed E-state index contributed by atoms with van der Waals surface area (Å²) in [5, 5.41) is 0. The van der Waals surface area contributed by atoms with Crippen LogP contribution in [0, 0.1) is 5.92 Å². The van der Waals surface area contributed by atoms with Gasteiger partial charge in [0.05, 0.1) is 18.6 Å². The number of methoxy groups -OCH3 is 1. The Balaban J connectivity index is 2.04. The number of sulfonamides is 1. The predicted molar refractivity (Wildman–Crippen MR) is 102 cm³/mol. The van der Waals surface area contributed by atoms with Crippen LogP contribution < -0.4 is 19.7 Å². The van der Waals surface area contributed by atoms with Crippen molar-refractivity contribution in [3.05, 3.63) is 54.1 Å². The maximum Gasteiger partial charge on any atom is 0.266 e. The molecular formula is C19H24N2O5S. The zero-order valence-electron chi connectivity index (χ0n) is 15.6. The molecule has 1 amide bonds. The molecule has 0 saturated carbocycles. The number of hydrazine groups is 1. The van der Waals surface area contributed by atoms with Crippen LogP contribution in [0.4, 0.5) is 0 Å². The lowest BCUT2D eigenvalue weighted by Crippen LogP contribution is -2.41. The minimum atomic E-state index is -3.85. The van der Waals surface area contributed by atoms with E-state index >= 15 is 0 Å². The van der Waals surface area contributed by atoms with E-state index in [1.807, 2.05) is 0 Å². The minimum absolute atomic E-state index is 0.0526. The number of rotatable bonds is 9. The highest BCUT2D eigenvalue weighted by atomic mass is 32.2. The van der Waals surface area contributed by atoms with E-state index in [0.29, 0.717) is 24.0 Å². The van der Waals surface area contributed by atoms with Crippen LogP contribution in [-0.4, -0.2) is 28.0 Å². The van der Waals surface area contributed by atoms with Gasteiger partial charge in [0.15, 0.2) is 11.5 Å². The van der Waals surface area contributed by atoms with E-state index < -0.39 is 15.9 Å². The molecule has 0 aliphatic carbocycles. The Hall–Kier alpha value is -2.58. The summed E-state index contributed by atoms with van der Waals surface area (Å²) >= 11 is 0. The van der Waals surface area contributed by atoms with Crippen molar-refractivity contribution in [3.8, 4) is 11.5 Å². The van der Waals surface area contributed by atoms with Gasteiger partial charge in [0, 0.05) is 5.56 Å². The molecule has 0 unspecified atom stereocenters. The molecule has 2 aromatic rings. The molecule has 0 heterocycles. The molecule has 0 spiro atoms. The van der Waals surface area contributed by atoms with Gasteiger partial charge in [-0.2, -0.15) is 0 Å². The number of carbonyl (C=O) groups is 1. The second kappa shape index (κ2) is 9.38. The van der Waals surface area contributed by atoms with Gasteiger partial charge in [-0.1, -0.05) is 32.0 Å². The van der Waals surface area contributed by atoms with E-state index in [2.05, 4.69) is 24.1 Å². The van der Waals surface area contributed by atoms with Crippen LogP contribution in [0.5, 0.6) is 11.5 Å². The van der Waals surface area contributed by atoms with Crippen molar-refractivity contribution in [3.63, 3.8) is 0 Å². The summed E-state index contributed by atoms with van der Waals surface area (Å²) < 4.78 is 35.2. The fourth-order valence-corrected chi connectivity index (χ4v) is 3.04. The molecule has 0 bridgehead atoms. The Kier molecular flexibility index (Phi) is 7.20. The molecule has 2 rings (SSSR count). The molecule has 27 heavy (non-hydrogen) atoms. The van der Waals surface area contributed by atoms with Gasteiger partial charge in [-0.25, -0.2) is 8.42 Å². The molecule has 0 aromatic heterocycles. The SMILES string of the molecule is COc1cc(C(=O)NNS(=O)(=O)c2ccccc2)ccc1OCCC(C)C. The highest BCUT2D eigenvalue weighted by molar-refractivity contribution is 7.89. The van der Waals surface area contributed by atoms with Gasteiger partial charge in [-0.15, -0.1) is 4.83 Å². The van der Waals surface area contributed by atoms with Crippen molar-refractivity contribution in [2.75, 3.05) is 13.7 Å². The average molecular weight is 392 g/mol. The molecule has 146 valence electrons. The average Bonchev–Trinajstić information content (AvgIpc) is 2.66. The van der Waals surface area contributed by atoms with E-state index in [4.69, 9.17) is 9.47 Å². The minimum Gasteiger partial charge on any atom is -0.493 e. The first kappa shape index (κ1) is 20.7. The van der Waals surface area contributed by atoms with Crippen molar-refractivity contribution in [1.82, 2.24) is 10.3 Å². The summed E-state index contributed by atoms with van der Waals surface area (Å²) in [6, 6.07) is 12.4. The van der Waals surface area contributed by atoms with Crippen LogP contribution >= 0.6 is 0 Å². The van der Waals surface area contributed by atoms with Crippen LogP contribution in [0.3, 0.4) is 0 Å². The number of hydrogen-bond acceptors (Lipinski definition) is 5. The van der Waals surface area contributed by atoms with Crippen molar-refractivity contribution in [1.29, 1.82) is 0 Å². The molecule has 0 radical (unpaired) electrons. The second-order valence-electron chi connectivity index (χ2n) is 6.27. The second-order valence-corrected chi connectivity index (χ2v) is 7.95. The number of benzene rings is 2. The van der Waals surface area contributed by atoms with Crippen LogP contribution in [0.25, 0.3) is 0 Å². The van der Waals surface area contributed by atoms with Gasteiger partial charge in [-0.05, 0) is 42.7 Å². The van der Waals surface area contributed by atoms with Crippen LogP contribution in [0.1, 0.15) is 30.6 Å². The number of amides is 1. The third kappa shape index (κ3) is 5.97. The molecule has 7 nitrogen and oxygen atoms in total. The van der Waals surface area contributed by atoms with E-state index in [0.717, 1.165) is 6.42 Å². The zero-order chi connectivity index (χ0) is 19.9. The van der Waals surface area contributed by atoms with Crippen molar-refractivity contribution in [2.24, 2.45) is 5.92 Å². The predicted octanol–water partition coefficient (Wildman–Crippen LogP) is 2.74. The number of ether oxygens (including phenoxy) is 2. The van der Waals surface area contributed by atoms with Gasteiger partial charge >= 0.3 is 0 Å². The maximum atomic E-state index is 12.3. The lowest BCUT2D eigenvalue weighted by molar-refractivity contribution is 0.0944. The summed E-state index contributed by atoms with van der Waals surface area (Å²) in [5.41, 5.74) is 2.43. The fraction of sp³-hybridized carbons (Fsp3) is 0.316. The molecule has 0 atom stereocenters. The maximum absolute atomic E-state index is 12.3. The van der Waals surface area contributed by atoms with Gasteiger partial charge in [0.25, 0.3) is 15.9 Å². The van der Waals surface area contributed by atoms with Crippen molar-refractivity contribution in [2.45, 2.75) is 25.2 Å². The molecule has 8 heteroatoms. The standard InChI is InChI=1S/C19H24N2O5S/c1-14(2)11-12-26-17-10-9-15(13-18(17)25-3)19(22)20-21-27(23,24)16-7-5-4-6-8-16/h4-10,13-14,21H,11-12H2,1-3H3,(H,20,22). The van der Waals surface area contributed by atoms with E-state index in [1.165, 1.54) is 25.3 Å². The summed E-state index contributed by atoms with van der Waals surface area (Å²) in [6.07, 6.45) is 0.895. The van der Waals surface area contributed by atoms with Gasteiger partial charge in [0.1, 0.15) is 0 Å². The van der Waals surface area contributed by atoms with E-state index in [1.54, 1.807) is 30.3 Å². The van der Waals surface area contributed by atoms with Crippen LogP contribution in [0.2, 0.25) is 0 Å². The molecule has 0 aliphatic heterocycles. The number of hydrogen-bond donors (Lipinski definition) is 2. The lowest BCUT2D eigenvalue weighted by Gasteiger charge is -2.13. The number of nitrogens with one attached hydrogen (secondary N) is 2. The third-order valence-electron chi connectivity index (χ3n) is 3.73. The van der Waals surface area contributed by atoms with Crippen molar-refractivity contribution >= 4 is 15.9 Å². The van der Waals surface area contributed by atoms with Crippen molar-refractivity contribution < 1.29 is 22.7 Å². The Morgan fingerprint density at radius 1 is 1.07 bits per heavy atom. The topological polar surface area (TPSA) is 93.7 Å². The van der Waals surface area contributed by atoms with Gasteiger partial charge < -0.3 is 9.47 Å². The highest BCUT2D eigenvalue weighted by Crippen LogP contribution is 2.28. The molecule has 2 aromatic carbocycles. The monoisotopic (exact) mass is 392 g/mol.